The molecule has 0 unspecified atom stereocenters. The van der Waals surface area contributed by atoms with Crippen LogP contribution in [0.15, 0.2) is 42.6 Å². The van der Waals surface area contributed by atoms with Gasteiger partial charge in [0.1, 0.15) is 28.5 Å². The molecular weight excluding hydrogens is 411 g/mol. The second-order valence-electron chi connectivity index (χ2n) is 7.58. The van der Waals surface area contributed by atoms with Crippen LogP contribution in [0.3, 0.4) is 0 Å². The Kier molecular flexibility index (Phi) is 6.99. The first-order chi connectivity index (χ1) is 15.7. The van der Waals surface area contributed by atoms with Gasteiger partial charge in [0.05, 0.1) is 24.4 Å². The summed E-state index contributed by atoms with van der Waals surface area (Å²) in [5, 5.41) is 3.35. The van der Waals surface area contributed by atoms with Crippen molar-refractivity contribution in [1.82, 2.24) is 9.97 Å². The molecule has 32 heavy (non-hydrogen) atoms. The number of aromatic nitrogens is 2. The molecule has 1 aromatic carbocycles. The molecule has 1 N–H and O–H groups in total. The number of anilines is 2. The van der Waals surface area contributed by atoms with Crippen LogP contribution >= 0.6 is 0 Å². The number of esters is 1. The van der Waals surface area contributed by atoms with Crippen LogP contribution in [0.1, 0.15) is 36.5 Å². The molecule has 1 fully saturated rings. The fraction of sp³-hybridized carbons (Fsp3) is 0.375. The minimum absolute atomic E-state index is 0.281. The topological polar surface area (TPSA) is 76.6 Å². The van der Waals surface area contributed by atoms with Gasteiger partial charge < -0.3 is 19.7 Å². The van der Waals surface area contributed by atoms with Crippen molar-refractivity contribution in [3.8, 4) is 5.75 Å². The van der Waals surface area contributed by atoms with E-state index in [-0.39, 0.29) is 12.4 Å². The molecule has 0 amide bonds. The third-order valence-corrected chi connectivity index (χ3v) is 5.33. The van der Waals surface area contributed by atoms with Gasteiger partial charge in [-0.3, -0.25) is 4.98 Å². The summed E-state index contributed by atoms with van der Waals surface area (Å²) in [5.74, 6) is 0.779. The molecule has 2 aromatic heterocycles. The molecule has 3 aromatic rings. The third kappa shape index (κ3) is 5.07. The molecule has 8 heteroatoms. The molecule has 7 nitrogen and oxygen atoms in total. The van der Waals surface area contributed by atoms with Gasteiger partial charge in [0.2, 0.25) is 0 Å². The van der Waals surface area contributed by atoms with E-state index in [1.807, 2.05) is 12.1 Å². The lowest BCUT2D eigenvalue weighted by Crippen LogP contribution is -2.19. The average molecular weight is 439 g/mol. The van der Waals surface area contributed by atoms with Crippen molar-refractivity contribution in [1.29, 1.82) is 0 Å². The minimum atomic E-state index is -0.430. The number of fused-ring (bicyclic) bond motifs is 1. The van der Waals surface area contributed by atoms with Crippen molar-refractivity contribution in [3.63, 3.8) is 0 Å². The van der Waals surface area contributed by atoms with Gasteiger partial charge in [0, 0.05) is 25.8 Å². The van der Waals surface area contributed by atoms with Crippen LogP contribution in [0.5, 0.6) is 5.75 Å². The number of hydrogen-bond acceptors (Lipinski definition) is 7. The van der Waals surface area contributed by atoms with Crippen LogP contribution in [0, 0.1) is 5.82 Å². The highest BCUT2D eigenvalue weighted by atomic mass is 19.1. The largest absolute Gasteiger partial charge is 0.494 e. The van der Waals surface area contributed by atoms with Crippen molar-refractivity contribution >= 4 is 28.5 Å². The maximum Gasteiger partial charge on any atom is 0.341 e. The molecular formula is C24H27FN4O3. The molecule has 0 aliphatic carbocycles. The molecule has 0 radical (unpaired) electrons. The van der Waals surface area contributed by atoms with Crippen LogP contribution in [0.25, 0.3) is 11.0 Å². The van der Waals surface area contributed by atoms with E-state index in [1.165, 1.54) is 18.3 Å². The molecule has 1 saturated heterocycles. The quantitative estimate of drug-likeness (QED) is 0.391. The van der Waals surface area contributed by atoms with E-state index in [0.717, 1.165) is 31.7 Å². The fourth-order valence-electron chi connectivity index (χ4n) is 3.73. The summed E-state index contributed by atoms with van der Waals surface area (Å²) in [6.45, 7) is 5.02. The molecule has 0 bridgehead atoms. The molecule has 0 saturated carbocycles. The molecule has 1 aliphatic heterocycles. The van der Waals surface area contributed by atoms with Crippen LogP contribution < -0.4 is 15.0 Å². The summed E-state index contributed by atoms with van der Waals surface area (Å²) < 4.78 is 23.9. The number of carbonyl (C=O) groups is 1. The maximum atomic E-state index is 13.0. The van der Waals surface area contributed by atoms with E-state index in [2.05, 4.69) is 15.2 Å². The number of pyridine rings is 2. The summed E-state index contributed by atoms with van der Waals surface area (Å²) in [4.78, 5) is 24.1. The summed E-state index contributed by atoms with van der Waals surface area (Å²) in [6.07, 6.45) is 4.52. The number of ether oxygens (including phenoxy) is 2. The van der Waals surface area contributed by atoms with Gasteiger partial charge in [-0.25, -0.2) is 14.2 Å². The first-order valence-electron chi connectivity index (χ1n) is 11.0. The lowest BCUT2D eigenvalue weighted by molar-refractivity contribution is 0.0527. The smallest absolute Gasteiger partial charge is 0.341 e. The van der Waals surface area contributed by atoms with E-state index in [0.29, 0.717) is 47.6 Å². The van der Waals surface area contributed by atoms with E-state index < -0.39 is 5.97 Å². The Balaban J connectivity index is 1.51. The second kappa shape index (κ2) is 10.3. The lowest BCUT2D eigenvalue weighted by atomic mass is 10.1. The molecule has 4 rings (SSSR count). The summed E-state index contributed by atoms with van der Waals surface area (Å²) in [5.41, 5.74) is 2.35. The number of halogens is 1. The SMILES string of the molecule is CCOC(=O)c1cnc2ccc(N3CCCC3)nc2c1NCCCOc1ccc(F)cc1. The first kappa shape index (κ1) is 21.8. The van der Waals surface area contributed by atoms with Crippen molar-refractivity contribution in [2.75, 3.05) is 43.1 Å². The monoisotopic (exact) mass is 438 g/mol. The average Bonchev–Trinajstić information content (AvgIpc) is 3.35. The van der Waals surface area contributed by atoms with Gasteiger partial charge in [-0.05, 0) is 62.6 Å². The van der Waals surface area contributed by atoms with Gasteiger partial charge in [-0.1, -0.05) is 0 Å². The number of carbonyl (C=O) groups excluding carboxylic acids is 1. The zero-order valence-electron chi connectivity index (χ0n) is 18.1. The van der Waals surface area contributed by atoms with Crippen LogP contribution in [0.2, 0.25) is 0 Å². The Morgan fingerprint density at radius 1 is 1.16 bits per heavy atom. The van der Waals surface area contributed by atoms with Crippen LogP contribution in [0.4, 0.5) is 15.9 Å². The third-order valence-electron chi connectivity index (χ3n) is 5.33. The van der Waals surface area contributed by atoms with Crippen LogP contribution in [-0.2, 0) is 4.74 Å². The van der Waals surface area contributed by atoms with Gasteiger partial charge in [-0.15, -0.1) is 0 Å². The Bertz CT molecular complexity index is 1070. The molecule has 0 atom stereocenters. The predicted octanol–water partition coefficient (Wildman–Crippen LogP) is 4.43. The normalized spacial score (nSPS) is 13.4. The molecule has 168 valence electrons. The Hall–Kier alpha value is -3.42. The van der Waals surface area contributed by atoms with Gasteiger partial charge in [-0.2, -0.15) is 0 Å². The highest BCUT2D eigenvalue weighted by Gasteiger charge is 2.20. The van der Waals surface area contributed by atoms with E-state index in [1.54, 1.807) is 19.1 Å². The van der Waals surface area contributed by atoms with Crippen molar-refractivity contribution in [3.05, 3.63) is 54.0 Å². The zero-order chi connectivity index (χ0) is 22.3. The van der Waals surface area contributed by atoms with Gasteiger partial charge in [0.15, 0.2) is 0 Å². The number of rotatable bonds is 9. The number of hydrogen-bond donors (Lipinski definition) is 1. The summed E-state index contributed by atoms with van der Waals surface area (Å²) in [6, 6.07) is 9.85. The summed E-state index contributed by atoms with van der Waals surface area (Å²) >= 11 is 0. The molecule has 1 aliphatic rings. The number of nitrogens with zero attached hydrogens (tertiary/aromatic N) is 3. The highest BCUT2D eigenvalue weighted by Crippen LogP contribution is 2.28. The predicted molar refractivity (Wildman–Crippen MR) is 122 cm³/mol. The van der Waals surface area contributed by atoms with Crippen molar-refractivity contribution < 1.29 is 18.7 Å². The van der Waals surface area contributed by atoms with Crippen molar-refractivity contribution in [2.24, 2.45) is 0 Å². The Morgan fingerprint density at radius 2 is 1.94 bits per heavy atom. The first-order valence-corrected chi connectivity index (χ1v) is 11.0. The number of benzene rings is 1. The Morgan fingerprint density at radius 3 is 2.69 bits per heavy atom. The highest BCUT2D eigenvalue weighted by molar-refractivity contribution is 6.03. The van der Waals surface area contributed by atoms with E-state index in [9.17, 15) is 9.18 Å². The fourth-order valence-corrected chi connectivity index (χ4v) is 3.73. The molecule has 3 heterocycles. The Labute approximate surface area is 186 Å². The lowest BCUT2D eigenvalue weighted by Gasteiger charge is -2.18. The molecule has 0 spiro atoms. The van der Waals surface area contributed by atoms with Crippen molar-refractivity contribution in [2.45, 2.75) is 26.2 Å². The van der Waals surface area contributed by atoms with E-state index in [4.69, 9.17) is 14.5 Å². The summed E-state index contributed by atoms with van der Waals surface area (Å²) in [7, 11) is 0. The minimum Gasteiger partial charge on any atom is -0.494 e. The van der Waals surface area contributed by atoms with E-state index >= 15 is 0 Å². The van der Waals surface area contributed by atoms with Gasteiger partial charge >= 0.3 is 5.97 Å². The maximum absolute atomic E-state index is 13.0. The standard InChI is InChI=1S/C24H27FN4O3/c1-2-31-24(30)19-16-27-20-10-11-21(29-13-3-4-14-29)28-23(20)22(19)26-12-5-15-32-18-8-6-17(25)7-9-18/h6-11,16H,2-5,12-15H2,1H3,(H,26,27). The number of nitrogens with one attached hydrogen (secondary N) is 1. The van der Waals surface area contributed by atoms with Crippen LogP contribution in [-0.4, -0.2) is 48.8 Å². The zero-order valence-corrected chi connectivity index (χ0v) is 18.1. The van der Waals surface area contributed by atoms with Gasteiger partial charge in [0.25, 0.3) is 0 Å². The second-order valence-corrected chi connectivity index (χ2v) is 7.58.